The Kier molecular flexibility index (Phi) is 4.37. The van der Waals surface area contributed by atoms with E-state index in [0.29, 0.717) is 11.8 Å². The molecule has 0 bridgehead atoms. The number of aryl methyl sites for hydroxylation is 1. The van der Waals surface area contributed by atoms with Crippen molar-refractivity contribution in [1.82, 2.24) is 5.16 Å². The Labute approximate surface area is 93.0 Å². The van der Waals surface area contributed by atoms with Gasteiger partial charge in [0.15, 0.2) is 0 Å². The van der Waals surface area contributed by atoms with Gasteiger partial charge < -0.3 is 4.52 Å². The maximum atomic E-state index is 5.48. The molecule has 0 saturated carbocycles. The standard InChI is InChI=1S/C13H23NO/c1-6-9(4)13-12(10(5)14-15-13)11(7-2)8-3/h9,11H,6-8H2,1-5H3. The van der Waals surface area contributed by atoms with Gasteiger partial charge in [0.2, 0.25) is 0 Å². The Morgan fingerprint density at radius 1 is 1.13 bits per heavy atom. The Balaban J connectivity index is 3.08. The average Bonchev–Trinajstić information content (AvgIpc) is 2.62. The summed E-state index contributed by atoms with van der Waals surface area (Å²) in [6.07, 6.45) is 3.45. The van der Waals surface area contributed by atoms with Crippen LogP contribution >= 0.6 is 0 Å². The molecule has 0 aliphatic rings. The van der Waals surface area contributed by atoms with E-state index in [9.17, 15) is 0 Å². The molecule has 1 aromatic rings. The van der Waals surface area contributed by atoms with Gasteiger partial charge in [-0.05, 0) is 32.1 Å². The number of rotatable bonds is 5. The molecule has 0 aliphatic carbocycles. The average molecular weight is 209 g/mol. The highest BCUT2D eigenvalue weighted by Crippen LogP contribution is 2.34. The molecule has 0 radical (unpaired) electrons. The van der Waals surface area contributed by atoms with Crippen LogP contribution in [0.5, 0.6) is 0 Å². The van der Waals surface area contributed by atoms with Gasteiger partial charge in [0.25, 0.3) is 0 Å². The molecule has 15 heavy (non-hydrogen) atoms. The second kappa shape index (κ2) is 5.34. The van der Waals surface area contributed by atoms with Gasteiger partial charge in [0.1, 0.15) is 5.76 Å². The van der Waals surface area contributed by atoms with Gasteiger partial charge >= 0.3 is 0 Å². The molecule has 86 valence electrons. The number of hydrogen-bond acceptors (Lipinski definition) is 2. The molecule has 2 heteroatoms. The normalized spacial score (nSPS) is 13.5. The van der Waals surface area contributed by atoms with E-state index >= 15 is 0 Å². The van der Waals surface area contributed by atoms with Gasteiger partial charge in [-0.2, -0.15) is 0 Å². The summed E-state index contributed by atoms with van der Waals surface area (Å²) < 4.78 is 5.48. The van der Waals surface area contributed by atoms with Crippen LogP contribution in [0.1, 0.15) is 75.8 Å². The SMILES string of the molecule is CCC(C)c1onc(C)c1C(CC)CC. The zero-order valence-corrected chi connectivity index (χ0v) is 10.6. The molecule has 1 heterocycles. The molecule has 1 rings (SSSR count). The fraction of sp³-hybridized carbons (Fsp3) is 0.769. The molecule has 0 N–H and O–H groups in total. The molecule has 2 nitrogen and oxygen atoms in total. The van der Waals surface area contributed by atoms with E-state index in [1.165, 1.54) is 18.4 Å². The molecule has 0 spiro atoms. The first-order chi connectivity index (χ1) is 7.15. The molecule has 0 aliphatic heterocycles. The monoisotopic (exact) mass is 209 g/mol. The van der Waals surface area contributed by atoms with Crippen molar-refractivity contribution < 1.29 is 4.52 Å². The van der Waals surface area contributed by atoms with Crippen LogP contribution in [0.2, 0.25) is 0 Å². The lowest BCUT2D eigenvalue weighted by Gasteiger charge is -2.15. The summed E-state index contributed by atoms with van der Waals surface area (Å²) >= 11 is 0. The summed E-state index contributed by atoms with van der Waals surface area (Å²) in [5, 5.41) is 4.13. The van der Waals surface area contributed by atoms with Crippen LogP contribution in [-0.4, -0.2) is 5.16 Å². The van der Waals surface area contributed by atoms with Gasteiger partial charge in [0.05, 0.1) is 5.69 Å². The largest absolute Gasteiger partial charge is 0.361 e. The van der Waals surface area contributed by atoms with Gasteiger partial charge in [-0.3, -0.25) is 0 Å². The lowest BCUT2D eigenvalue weighted by atomic mass is 9.88. The molecule has 0 saturated heterocycles. The van der Waals surface area contributed by atoms with E-state index < -0.39 is 0 Å². The quantitative estimate of drug-likeness (QED) is 0.718. The number of hydrogen-bond donors (Lipinski definition) is 0. The van der Waals surface area contributed by atoms with E-state index in [1.807, 2.05) is 0 Å². The lowest BCUT2D eigenvalue weighted by molar-refractivity contribution is 0.356. The summed E-state index contributed by atoms with van der Waals surface area (Å²) in [4.78, 5) is 0. The van der Waals surface area contributed by atoms with Crippen molar-refractivity contribution in [2.45, 2.75) is 65.7 Å². The zero-order valence-electron chi connectivity index (χ0n) is 10.6. The van der Waals surface area contributed by atoms with Crippen LogP contribution in [0.15, 0.2) is 4.52 Å². The van der Waals surface area contributed by atoms with Crippen molar-refractivity contribution in [2.24, 2.45) is 0 Å². The van der Waals surface area contributed by atoms with Crippen LogP contribution in [-0.2, 0) is 0 Å². The van der Waals surface area contributed by atoms with Crippen molar-refractivity contribution in [1.29, 1.82) is 0 Å². The molecular formula is C13H23NO. The van der Waals surface area contributed by atoms with E-state index in [2.05, 4.69) is 39.8 Å². The predicted molar refractivity (Wildman–Crippen MR) is 63.3 cm³/mol. The second-order valence-corrected chi connectivity index (χ2v) is 4.37. The second-order valence-electron chi connectivity index (χ2n) is 4.37. The Morgan fingerprint density at radius 2 is 1.73 bits per heavy atom. The molecular weight excluding hydrogens is 186 g/mol. The van der Waals surface area contributed by atoms with Crippen LogP contribution < -0.4 is 0 Å². The summed E-state index contributed by atoms with van der Waals surface area (Å²) in [7, 11) is 0. The first-order valence-corrected chi connectivity index (χ1v) is 6.11. The highest BCUT2D eigenvalue weighted by Gasteiger charge is 2.22. The van der Waals surface area contributed by atoms with Crippen molar-refractivity contribution in [3.63, 3.8) is 0 Å². The van der Waals surface area contributed by atoms with Crippen LogP contribution in [0.25, 0.3) is 0 Å². The summed E-state index contributed by atoms with van der Waals surface area (Å²) in [5.41, 5.74) is 2.45. The number of aromatic nitrogens is 1. The molecule has 1 atom stereocenters. The fourth-order valence-corrected chi connectivity index (χ4v) is 2.13. The topological polar surface area (TPSA) is 26.0 Å². The van der Waals surface area contributed by atoms with E-state index in [-0.39, 0.29) is 0 Å². The minimum Gasteiger partial charge on any atom is -0.361 e. The van der Waals surface area contributed by atoms with Crippen molar-refractivity contribution in [3.8, 4) is 0 Å². The van der Waals surface area contributed by atoms with Crippen molar-refractivity contribution >= 4 is 0 Å². The Morgan fingerprint density at radius 3 is 2.20 bits per heavy atom. The third-order valence-corrected chi connectivity index (χ3v) is 3.39. The maximum Gasteiger partial charge on any atom is 0.143 e. The zero-order chi connectivity index (χ0) is 11.4. The van der Waals surface area contributed by atoms with Gasteiger partial charge in [0, 0.05) is 11.5 Å². The van der Waals surface area contributed by atoms with E-state index in [0.717, 1.165) is 17.9 Å². The lowest BCUT2D eigenvalue weighted by Crippen LogP contribution is -2.02. The Bertz CT molecular complexity index is 299. The Hall–Kier alpha value is -0.790. The first-order valence-electron chi connectivity index (χ1n) is 6.11. The molecule has 0 aromatic carbocycles. The molecule has 0 fully saturated rings. The predicted octanol–water partition coefficient (Wildman–Crippen LogP) is 4.40. The maximum absolute atomic E-state index is 5.48. The molecule has 0 amide bonds. The third kappa shape index (κ3) is 2.42. The van der Waals surface area contributed by atoms with Crippen LogP contribution in [0.4, 0.5) is 0 Å². The smallest absolute Gasteiger partial charge is 0.143 e. The summed E-state index contributed by atoms with van der Waals surface area (Å²) in [6, 6.07) is 0. The third-order valence-electron chi connectivity index (χ3n) is 3.39. The molecule has 1 unspecified atom stereocenters. The fourth-order valence-electron chi connectivity index (χ4n) is 2.13. The van der Waals surface area contributed by atoms with E-state index in [1.54, 1.807) is 0 Å². The summed E-state index contributed by atoms with van der Waals surface area (Å²) in [6.45, 7) is 10.9. The summed E-state index contributed by atoms with van der Waals surface area (Å²) in [5.74, 6) is 2.21. The highest BCUT2D eigenvalue weighted by molar-refractivity contribution is 5.28. The van der Waals surface area contributed by atoms with Gasteiger partial charge in [-0.25, -0.2) is 0 Å². The molecule has 1 aromatic heterocycles. The van der Waals surface area contributed by atoms with Gasteiger partial charge in [-0.1, -0.05) is 32.9 Å². The minimum absolute atomic E-state index is 0.488. The van der Waals surface area contributed by atoms with Crippen molar-refractivity contribution in [2.75, 3.05) is 0 Å². The van der Waals surface area contributed by atoms with E-state index in [4.69, 9.17) is 4.52 Å². The van der Waals surface area contributed by atoms with Crippen LogP contribution in [0, 0.1) is 6.92 Å². The minimum atomic E-state index is 0.488. The number of nitrogens with zero attached hydrogens (tertiary/aromatic N) is 1. The van der Waals surface area contributed by atoms with Crippen LogP contribution in [0.3, 0.4) is 0 Å². The highest BCUT2D eigenvalue weighted by atomic mass is 16.5. The van der Waals surface area contributed by atoms with Gasteiger partial charge in [-0.15, -0.1) is 0 Å². The van der Waals surface area contributed by atoms with Crippen molar-refractivity contribution in [3.05, 3.63) is 17.0 Å². The first kappa shape index (κ1) is 12.3.